The van der Waals surface area contributed by atoms with E-state index in [4.69, 9.17) is 5.10 Å². The molecule has 3 aromatic rings. The lowest BCUT2D eigenvalue weighted by atomic mass is 10.1. The van der Waals surface area contributed by atoms with E-state index in [1.54, 1.807) is 0 Å². The Hall–Kier alpha value is -2.65. The van der Waals surface area contributed by atoms with Gasteiger partial charge in [0.1, 0.15) is 0 Å². The van der Waals surface area contributed by atoms with Gasteiger partial charge in [-0.1, -0.05) is 72.8 Å². The molecule has 3 heteroatoms. The number of hydrazone groups is 1. The fourth-order valence-electron chi connectivity index (χ4n) is 3.36. The van der Waals surface area contributed by atoms with Crippen molar-refractivity contribution in [2.24, 2.45) is 5.10 Å². The first-order valence-electron chi connectivity index (χ1n) is 8.91. The molecule has 1 heterocycles. The zero-order valence-corrected chi connectivity index (χ0v) is 14.4. The topological polar surface area (TPSA) is 18.8 Å². The number of nitrogens with zero attached hydrogens (tertiary/aromatic N) is 3. The van der Waals surface area contributed by atoms with Crippen LogP contribution >= 0.6 is 0 Å². The van der Waals surface area contributed by atoms with E-state index in [-0.39, 0.29) is 0 Å². The summed E-state index contributed by atoms with van der Waals surface area (Å²) in [6.07, 6.45) is 2.01. The Bertz CT molecular complexity index is 844. The zero-order chi connectivity index (χ0) is 16.9. The molecule has 0 spiro atoms. The van der Waals surface area contributed by atoms with Crippen LogP contribution in [0.3, 0.4) is 0 Å². The Morgan fingerprint density at radius 3 is 2.32 bits per heavy atom. The van der Waals surface area contributed by atoms with E-state index >= 15 is 0 Å². The smallest absolute Gasteiger partial charge is 0.0549 e. The molecule has 1 saturated heterocycles. The highest BCUT2D eigenvalue weighted by Crippen LogP contribution is 2.17. The van der Waals surface area contributed by atoms with E-state index in [1.165, 1.54) is 21.9 Å². The van der Waals surface area contributed by atoms with Crippen LogP contribution in [0.5, 0.6) is 0 Å². The molecule has 1 aliphatic rings. The number of hydrogen-bond acceptors (Lipinski definition) is 3. The molecule has 0 N–H and O–H groups in total. The summed E-state index contributed by atoms with van der Waals surface area (Å²) in [4.78, 5) is 2.50. The maximum Gasteiger partial charge on any atom is 0.0549 e. The predicted octanol–water partition coefficient (Wildman–Crippen LogP) is 3.99. The Balaban J connectivity index is 1.37. The monoisotopic (exact) mass is 329 g/mol. The van der Waals surface area contributed by atoms with Gasteiger partial charge in [-0.05, 0) is 16.3 Å². The van der Waals surface area contributed by atoms with Crippen molar-refractivity contribution >= 4 is 17.0 Å². The first kappa shape index (κ1) is 15.9. The van der Waals surface area contributed by atoms with E-state index in [0.29, 0.717) is 0 Å². The first-order valence-corrected chi connectivity index (χ1v) is 8.91. The largest absolute Gasteiger partial charge is 0.295 e. The zero-order valence-electron chi connectivity index (χ0n) is 14.4. The van der Waals surface area contributed by atoms with Gasteiger partial charge in [0.05, 0.1) is 6.21 Å². The van der Waals surface area contributed by atoms with Crippen molar-refractivity contribution in [2.45, 2.75) is 6.54 Å². The van der Waals surface area contributed by atoms with Crippen LogP contribution in [0.1, 0.15) is 11.1 Å². The third-order valence-corrected chi connectivity index (χ3v) is 4.78. The van der Waals surface area contributed by atoms with E-state index in [2.05, 4.69) is 82.7 Å². The molecule has 0 aromatic heterocycles. The minimum absolute atomic E-state index is 0.980. The Labute approximate surface area is 149 Å². The molecule has 0 atom stereocenters. The number of hydrogen-bond donors (Lipinski definition) is 0. The molecular weight excluding hydrogens is 306 g/mol. The predicted molar refractivity (Wildman–Crippen MR) is 105 cm³/mol. The van der Waals surface area contributed by atoms with Crippen molar-refractivity contribution in [1.82, 2.24) is 9.91 Å². The molecule has 4 rings (SSSR count). The minimum atomic E-state index is 0.980. The number of benzene rings is 3. The van der Waals surface area contributed by atoms with Gasteiger partial charge in [0, 0.05) is 38.3 Å². The Kier molecular flexibility index (Phi) is 4.75. The number of rotatable bonds is 4. The van der Waals surface area contributed by atoms with Crippen molar-refractivity contribution in [1.29, 1.82) is 0 Å². The van der Waals surface area contributed by atoms with Gasteiger partial charge in [0.15, 0.2) is 0 Å². The van der Waals surface area contributed by atoms with Crippen molar-refractivity contribution in [3.05, 3.63) is 83.9 Å². The first-order chi connectivity index (χ1) is 12.4. The summed E-state index contributed by atoms with van der Waals surface area (Å²) in [5, 5.41) is 9.43. The highest BCUT2D eigenvalue weighted by molar-refractivity contribution is 5.99. The van der Waals surface area contributed by atoms with Gasteiger partial charge in [-0.15, -0.1) is 0 Å². The average Bonchev–Trinajstić information content (AvgIpc) is 2.68. The van der Waals surface area contributed by atoms with E-state index in [9.17, 15) is 0 Å². The Morgan fingerprint density at radius 2 is 1.48 bits per heavy atom. The third kappa shape index (κ3) is 3.89. The standard InChI is InChI=1S/C22H23N3/c1-2-7-19(8-3-1)18-24-13-15-25(16-14-24)23-17-21-11-6-10-20-9-4-5-12-22(20)21/h1-12,17H,13-16,18H2. The highest BCUT2D eigenvalue weighted by Gasteiger charge is 2.15. The Morgan fingerprint density at radius 1 is 0.760 bits per heavy atom. The molecular formula is C22H23N3. The summed E-state index contributed by atoms with van der Waals surface area (Å²) in [6, 6.07) is 25.5. The van der Waals surface area contributed by atoms with E-state index in [1.807, 2.05) is 6.21 Å². The van der Waals surface area contributed by atoms with Gasteiger partial charge in [0.2, 0.25) is 0 Å². The van der Waals surface area contributed by atoms with E-state index in [0.717, 1.165) is 32.7 Å². The molecule has 3 nitrogen and oxygen atoms in total. The lowest BCUT2D eigenvalue weighted by Gasteiger charge is -2.33. The second kappa shape index (κ2) is 7.49. The lowest BCUT2D eigenvalue weighted by Crippen LogP contribution is -2.43. The van der Waals surface area contributed by atoms with Gasteiger partial charge in [-0.3, -0.25) is 9.91 Å². The quantitative estimate of drug-likeness (QED) is 0.674. The molecule has 126 valence electrons. The second-order valence-electron chi connectivity index (χ2n) is 6.53. The SMILES string of the molecule is C(=NN1CCN(Cc2ccccc2)CC1)c1cccc2ccccc12. The molecule has 0 amide bonds. The molecule has 3 aromatic carbocycles. The van der Waals surface area contributed by atoms with Crippen LogP contribution in [0, 0.1) is 0 Å². The van der Waals surface area contributed by atoms with Crippen LogP contribution in [0.15, 0.2) is 77.9 Å². The maximum atomic E-state index is 4.73. The second-order valence-corrected chi connectivity index (χ2v) is 6.53. The summed E-state index contributed by atoms with van der Waals surface area (Å²) in [6.45, 7) is 5.10. The molecule has 0 saturated carbocycles. The molecule has 0 aliphatic carbocycles. The van der Waals surface area contributed by atoms with Gasteiger partial charge >= 0.3 is 0 Å². The summed E-state index contributed by atoms with van der Waals surface area (Å²) in [5.41, 5.74) is 2.57. The molecule has 0 radical (unpaired) electrons. The molecule has 1 fully saturated rings. The van der Waals surface area contributed by atoms with Crippen molar-refractivity contribution in [2.75, 3.05) is 26.2 Å². The van der Waals surface area contributed by atoms with Crippen molar-refractivity contribution in [3.63, 3.8) is 0 Å². The summed E-state index contributed by atoms with van der Waals surface area (Å²) >= 11 is 0. The summed E-state index contributed by atoms with van der Waals surface area (Å²) in [5.74, 6) is 0. The third-order valence-electron chi connectivity index (χ3n) is 4.78. The fourth-order valence-corrected chi connectivity index (χ4v) is 3.36. The van der Waals surface area contributed by atoms with Crippen LogP contribution in [-0.2, 0) is 6.54 Å². The van der Waals surface area contributed by atoms with E-state index < -0.39 is 0 Å². The van der Waals surface area contributed by atoms with Crippen LogP contribution in [-0.4, -0.2) is 42.3 Å². The van der Waals surface area contributed by atoms with Crippen LogP contribution in [0.4, 0.5) is 0 Å². The lowest BCUT2D eigenvalue weighted by molar-refractivity contribution is 0.131. The summed E-state index contributed by atoms with van der Waals surface area (Å²) < 4.78 is 0. The normalized spacial score (nSPS) is 15.9. The van der Waals surface area contributed by atoms with Gasteiger partial charge in [-0.25, -0.2) is 0 Å². The molecule has 25 heavy (non-hydrogen) atoms. The fraction of sp³-hybridized carbons (Fsp3) is 0.227. The number of piperazine rings is 1. The van der Waals surface area contributed by atoms with Crippen molar-refractivity contribution in [3.8, 4) is 0 Å². The highest BCUT2D eigenvalue weighted by atomic mass is 15.5. The summed E-state index contributed by atoms with van der Waals surface area (Å²) in [7, 11) is 0. The minimum Gasteiger partial charge on any atom is -0.295 e. The van der Waals surface area contributed by atoms with Crippen molar-refractivity contribution < 1.29 is 0 Å². The average molecular weight is 329 g/mol. The van der Waals surface area contributed by atoms with Gasteiger partial charge < -0.3 is 0 Å². The number of fused-ring (bicyclic) bond motifs is 1. The molecule has 1 aliphatic heterocycles. The van der Waals surface area contributed by atoms with Gasteiger partial charge in [0.25, 0.3) is 0 Å². The molecule has 0 bridgehead atoms. The van der Waals surface area contributed by atoms with Crippen LogP contribution in [0.25, 0.3) is 10.8 Å². The maximum absolute atomic E-state index is 4.73. The van der Waals surface area contributed by atoms with Gasteiger partial charge in [-0.2, -0.15) is 5.10 Å². The molecule has 0 unspecified atom stereocenters. The van der Waals surface area contributed by atoms with Crippen LogP contribution in [0.2, 0.25) is 0 Å². The van der Waals surface area contributed by atoms with Crippen LogP contribution < -0.4 is 0 Å².